The van der Waals surface area contributed by atoms with E-state index in [1.54, 1.807) is 13.8 Å². The highest BCUT2D eigenvalue weighted by molar-refractivity contribution is 6.06. The lowest BCUT2D eigenvalue weighted by Gasteiger charge is -2.35. The molecule has 0 atom stereocenters. The fraction of sp³-hybridized carbons (Fsp3) is 0.786. The lowest BCUT2D eigenvalue weighted by molar-refractivity contribution is -0.168. The smallest absolute Gasteiger partial charge is 0.345 e. The summed E-state index contributed by atoms with van der Waals surface area (Å²) in [6.07, 6.45) is 3.48. The van der Waals surface area contributed by atoms with E-state index in [0.29, 0.717) is 6.41 Å². The molecule has 0 aliphatic carbocycles. The number of likely N-dealkylation sites (tertiary alicyclic amines) is 1. The minimum Gasteiger partial charge on any atom is -0.464 e. The van der Waals surface area contributed by atoms with Gasteiger partial charge in [0.15, 0.2) is 0 Å². The zero-order chi connectivity index (χ0) is 15.7. The maximum Gasteiger partial charge on any atom is 0.345 e. The van der Waals surface area contributed by atoms with Crippen molar-refractivity contribution in [2.24, 2.45) is 0 Å². The summed E-state index contributed by atoms with van der Waals surface area (Å²) in [4.78, 5) is 37.5. The molecule has 1 fully saturated rings. The Morgan fingerprint density at radius 2 is 1.62 bits per heavy atom. The molecule has 1 heterocycles. The van der Waals surface area contributed by atoms with Gasteiger partial charge in [-0.05, 0) is 39.8 Å². The topological polar surface area (TPSA) is 84.9 Å². The first kappa shape index (κ1) is 17.4. The summed E-state index contributed by atoms with van der Waals surface area (Å²) < 4.78 is 9.96. The van der Waals surface area contributed by atoms with Crippen molar-refractivity contribution in [3.05, 3.63) is 0 Å². The molecule has 0 spiro atoms. The van der Waals surface area contributed by atoms with Crippen LogP contribution >= 0.6 is 0 Å². The fourth-order valence-electron chi connectivity index (χ4n) is 2.44. The Bertz CT molecular complexity index is 348. The van der Waals surface area contributed by atoms with Crippen LogP contribution in [-0.4, -0.2) is 61.6 Å². The Kier molecular flexibility index (Phi) is 7.14. The minimum absolute atomic E-state index is 0.0728. The average Bonchev–Trinajstić information content (AvgIpc) is 2.48. The second-order valence-electron chi connectivity index (χ2n) is 4.95. The molecule has 0 aromatic carbocycles. The SMILES string of the molecule is CCOC(=O)C(CN1CCCCC1)(NC=O)C(=O)OCC. The lowest BCUT2D eigenvalue weighted by atomic mass is 9.97. The number of hydrogen-bond acceptors (Lipinski definition) is 6. The molecule has 0 bridgehead atoms. The summed E-state index contributed by atoms with van der Waals surface area (Å²) in [5, 5.41) is 2.34. The van der Waals surface area contributed by atoms with Gasteiger partial charge in [-0.3, -0.25) is 9.69 Å². The van der Waals surface area contributed by atoms with Gasteiger partial charge < -0.3 is 14.8 Å². The number of hydrogen-bond donors (Lipinski definition) is 1. The molecular formula is C14H24N2O5. The first-order valence-corrected chi connectivity index (χ1v) is 7.38. The number of rotatable bonds is 8. The minimum atomic E-state index is -1.79. The third kappa shape index (κ3) is 4.42. The molecule has 0 saturated carbocycles. The highest BCUT2D eigenvalue weighted by atomic mass is 16.6. The molecule has 7 nitrogen and oxygen atoms in total. The van der Waals surface area contributed by atoms with E-state index in [4.69, 9.17) is 9.47 Å². The van der Waals surface area contributed by atoms with E-state index in [1.807, 2.05) is 4.90 Å². The summed E-state index contributed by atoms with van der Waals surface area (Å²) in [6.45, 7) is 5.18. The maximum absolute atomic E-state index is 12.3. The first-order chi connectivity index (χ1) is 10.1. The molecule has 0 radical (unpaired) electrons. The zero-order valence-electron chi connectivity index (χ0n) is 12.7. The van der Waals surface area contributed by atoms with Crippen molar-refractivity contribution < 1.29 is 23.9 Å². The van der Waals surface area contributed by atoms with Crippen molar-refractivity contribution in [2.45, 2.75) is 38.6 Å². The number of piperidine rings is 1. The Balaban J connectivity index is 2.99. The molecule has 1 amide bonds. The highest BCUT2D eigenvalue weighted by Crippen LogP contribution is 2.17. The van der Waals surface area contributed by atoms with Gasteiger partial charge in [-0.15, -0.1) is 0 Å². The average molecular weight is 300 g/mol. The first-order valence-electron chi connectivity index (χ1n) is 7.38. The molecule has 120 valence electrons. The Labute approximate surface area is 124 Å². The van der Waals surface area contributed by atoms with Gasteiger partial charge in [-0.2, -0.15) is 0 Å². The zero-order valence-corrected chi connectivity index (χ0v) is 12.7. The van der Waals surface area contributed by atoms with Gasteiger partial charge in [0.25, 0.3) is 0 Å². The molecule has 1 rings (SSSR count). The number of ether oxygens (including phenoxy) is 2. The Hall–Kier alpha value is -1.63. The summed E-state index contributed by atoms with van der Waals surface area (Å²) >= 11 is 0. The Morgan fingerprint density at radius 1 is 1.10 bits per heavy atom. The van der Waals surface area contributed by atoms with Crippen molar-refractivity contribution in [3.63, 3.8) is 0 Å². The van der Waals surface area contributed by atoms with Crippen LogP contribution in [0.1, 0.15) is 33.1 Å². The van der Waals surface area contributed by atoms with Crippen molar-refractivity contribution in [1.29, 1.82) is 0 Å². The third-order valence-electron chi connectivity index (χ3n) is 3.46. The monoisotopic (exact) mass is 300 g/mol. The highest BCUT2D eigenvalue weighted by Gasteiger charge is 2.50. The molecule has 0 aromatic heterocycles. The summed E-state index contributed by atoms with van der Waals surface area (Å²) in [5.74, 6) is -1.55. The van der Waals surface area contributed by atoms with Crippen LogP contribution in [0, 0.1) is 0 Å². The normalized spacial score (nSPS) is 16.1. The second kappa shape index (κ2) is 8.61. The van der Waals surface area contributed by atoms with Gasteiger partial charge in [0.05, 0.1) is 13.2 Å². The van der Waals surface area contributed by atoms with Crippen LogP contribution in [0.5, 0.6) is 0 Å². The number of nitrogens with one attached hydrogen (secondary N) is 1. The predicted octanol–water partition coefficient (Wildman–Crippen LogP) is 0.0833. The number of nitrogens with zero attached hydrogens (tertiary/aromatic N) is 1. The van der Waals surface area contributed by atoms with Crippen molar-refractivity contribution in [1.82, 2.24) is 10.2 Å². The molecule has 21 heavy (non-hydrogen) atoms. The standard InChI is InChI=1S/C14H24N2O5/c1-3-20-12(18)14(15-11-17,13(19)21-4-2)10-16-8-6-5-7-9-16/h11H,3-10H2,1-2H3,(H,15,17). The van der Waals surface area contributed by atoms with Crippen LogP contribution in [0.15, 0.2) is 0 Å². The van der Waals surface area contributed by atoms with Gasteiger partial charge in [-0.1, -0.05) is 6.42 Å². The predicted molar refractivity (Wildman–Crippen MR) is 75.5 cm³/mol. The van der Waals surface area contributed by atoms with E-state index in [0.717, 1.165) is 32.4 Å². The van der Waals surface area contributed by atoms with Gasteiger partial charge in [0.2, 0.25) is 11.9 Å². The van der Waals surface area contributed by atoms with Crippen LogP contribution in [0.2, 0.25) is 0 Å². The molecule has 0 aromatic rings. The van der Waals surface area contributed by atoms with E-state index >= 15 is 0 Å². The molecule has 1 aliphatic heterocycles. The molecular weight excluding hydrogens is 276 g/mol. The Morgan fingerprint density at radius 3 is 2.05 bits per heavy atom. The lowest BCUT2D eigenvalue weighted by Crippen LogP contribution is -2.65. The summed E-state index contributed by atoms with van der Waals surface area (Å²) in [7, 11) is 0. The third-order valence-corrected chi connectivity index (χ3v) is 3.46. The molecule has 1 aliphatic rings. The van der Waals surface area contributed by atoms with Crippen LogP contribution in [0.3, 0.4) is 0 Å². The van der Waals surface area contributed by atoms with Crippen LogP contribution < -0.4 is 5.32 Å². The number of amides is 1. The maximum atomic E-state index is 12.3. The van der Waals surface area contributed by atoms with Crippen molar-refractivity contribution in [3.8, 4) is 0 Å². The van der Waals surface area contributed by atoms with E-state index < -0.39 is 17.5 Å². The van der Waals surface area contributed by atoms with Crippen molar-refractivity contribution in [2.75, 3.05) is 32.8 Å². The number of carbonyl (C=O) groups is 3. The van der Waals surface area contributed by atoms with Gasteiger partial charge >= 0.3 is 11.9 Å². The van der Waals surface area contributed by atoms with E-state index in [-0.39, 0.29) is 19.8 Å². The van der Waals surface area contributed by atoms with Crippen LogP contribution in [-0.2, 0) is 23.9 Å². The van der Waals surface area contributed by atoms with Crippen LogP contribution in [0.4, 0.5) is 0 Å². The van der Waals surface area contributed by atoms with Gasteiger partial charge in [0.1, 0.15) is 0 Å². The summed E-state index contributed by atoms with van der Waals surface area (Å²) in [5.41, 5.74) is -1.79. The molecule has 0 unspecified atom stereocenters. The molecule has 1 saturated heterocycles. The van der Waals surface area contributed by atoms with Gasteiger partial charge in [-0.25, -0.2) is 9.59 Å². The number of carbonyl (C=O) groups excluding carboxylic acids is 3. The van der Waals surface area contributed by atoms with E-state index in [2.05, 4.69) is 5.32 Å². The molecule has 1 N–H and O–H groups in total. The summed E-state index contributed by atoms with van der Waals surface area (Å²) in [6, 6.07) is 0. The largest absolute Gasteiger partial charge is 0.464 e. The van der Waals surface area contributed by atoms with Crippen molar-refractivity contribution >= 4 is 18.3 Å². The van der Waals surface area contributed by atoms with Gasteiger partial charge in [0, 0.05) is 6.54 Å². The van der Waals surface area contributed by atoms with E-state index in [1.165, 1.54) is 0 Å². The fourth-order valence-corrected chi connectivity index (χ4v) is 2.44. The van der Waals surface area contributed by atoms with Crippen LogP contribution in [0.25, 0.3) is 0 Å². The second-order valence-corrected chi connectivity index (χ2v) is 4.95. The quantitative estimate of drug-likeness (QED) is 0.388. The number of esters is 2. The molecule has 7 heteroatoms. The van der Waals surface area contributed by atoms with E-state index in [9.17, 15) is 14.4 Å².